The lowest BCUT2D eigenvalue weighted by Gasteiger charge is -2.09. The Kier molecular flexibility index (Phi) is 7.36. The Labute approximate surface area is 166 Å². The standard InChI is InChI=1S/C23H27N3O2/c1-2-3-4-5-6-10-15-28-19-13-14-20(21(27)16-19)23-25-17-24-22(26-23)18-11-8-7-9-12-18/h7-9,11-14,16-17,27H,2-6,10,15H2,1H3. The molecule has 0 spiro atoms. The van der Waals surface area contributed by atoms with Gasteiger partial charge in [0.15, 0.2) is 11.6 Å². The molecule has 0 amide bonds. The molecule has 3 rings (SSSR count). The molecule has 5 heteroatoms. The summed E-state index contributed by atoms with van der Waals surface area (Å²) in [5, 5.41) is 10.4. The van der Waals surface area contributed by atoms with Crippen molar-refractivity contribution in [1.29, 1.82) is 0 Å². The smallest absolute Gasteiger partial charge is 0.167 e. The number of hydrogen-bond acceptors (Lipinski definition) is 5. The van der Waals surface area contributed by atoms with Gasteiger partial charge in [-0.25, -0.2) is 15.0 Å². The van der Waals surface area contributed by atoms with Crippen LogP contribution in [0.1, 0.15) is 45.4 Å². The van der Waals surface area contributed by atoms with Gasteiger partial charge in [-0.15, -0.1) is 0 Å². The molecule has 0 saturated heterocycles. The summed E-state index contributed by atoms with van der Waals surface area (Å²) >= 11 is 0. The molecule has 0 fully saturated rings. The first-order valence-corrected chi connectivity index (χ1v) is 9.98. The number of aromatic hydroxyl groups is 1. The second-order valence-corrected chi connectivity index (χ2v) is 6.79. The first-order chi connectivity index (χ1) is 13.8. The number of nitrogens with zero attached hydrogens (tertiary/aromatic N) is 3. The van der Waals surface area contributed by atoms with Gasteiger partial charge in [-0.2, -0.15) is 0 Å². The average molecular weight is 377 g/mol. The largest absolute Gasteiger partial charge is 0.507 e. The lowest BCUT2D eigenvalue weighted by Crippen LogP contribution is -1.98. The van der Waals surface area contributed by atoms with Gasteiger partial charge >= 0.3 is 0 Å². The van der Waals surface area contributed by atoms with Gasteiger partial charge in [0.2, 0.25) is 0 Å². The molecule has 0 saturated carbocycles. The van der Waals surface area contributed by atoms with E-state index in [1.165, 1.54) is 38.4 Å². The number of benzene rings is 2. The molecule has 3 aromatic rings. The van der Waals surface area contributed by atoms with Crippen molar-refractivity contribution in [3.05, 3.63) is 54.9 Å². The normalized spacial score (nSPS) is 10.8. The van der Waals surface area contributed by atoms with Crippen LogP contribution in [0.25, 0.3) is 22.8 Å². The second kappa shape index (κ2) is 10.4. The molecule has 146 valence electrons. The lowest BCUT2D eigenvalue weighted by atomic mass is 10.1. The number of hydrogen-bond donors (Lipinski definition) is 1. The van der Waals surface area contributed by atoms with Crippen LogP contribution in [0, 0.1) is 0 Å². The van der Waals surface area contributed by atoms with Crippen LogP contribution in [0.5, 0.6) is 11.5 Å². The minimum atomic E-state index is 0.102. The fourth-order valence-electron chi connectivity index (χ4n) is 3.02. The highest BCUT2D eigenvalue weighted by Crippen LogP contribution is 2.31. The van der Waals surface area contributed by atoms with Crippen molar-refractivity contribution in [2.75, 3.05) is 6.61 Å². The molecule has 28 heavy (non-hydrogen) atoms. The molecule has 5 nitrogen and oxygen atoms in total. The molecule has 2 aromatic carbocycles. The first kappa shape index (κ1) is 19.8. The van der Waals surface area contributed by atoms with Crippen LogP contribution < -0.4 is 4.74 Å². The summed E-state index contributed by atoms with van der Waals surface area (Å²) in [6.45, 7) is 2.88. The molecular formula is C23H27N3O2. The molecular weight excluding hydrogens is 350 g/mol. The van der Waals surface area contributed by atoms with Gasteiger partial charge in [0.25, 0.3) is 0 Å². The molecule has 0 aliphatic carbocycles. The van der Waals surface area contributed by atoms with Gasteiger partial charge in [-0.1, -0.05) is 69.4 Å². The number of phenols is 1. The molecule has 0 atom stereocenters. The van der Waals surface area contributed by atoms with Crippen molar-refractivity contribution in [2.24, 2.45) is 0 Å². The zero-order valence-electron chi connectivity index (χ0n) is 16.3. The van der Waals surface area contributed by atoms with Crippen molar-refractivity contribution < 1.29 is 9.84 Å². The number of unbranched alkanes of at least 4 members (excludes halogenated alkanes) is 5. The molecule has 0 radical (unpaired) electrons. The highest BCUT2D eigenvalue weighted by molar-refractivity contribution is 5.67. The quantitative estimate of drug-likeness (QED) is 0.462. The van der Waals surface area contributed by atoms with Gasteiger partial charge in [-0.3, -0.25) is 0 Å². The lowest BCUT2D eigenvalue weighted by molar-refractivity contribution is 0.303. The molecule has 0 unspecified atom stereocenters. The van der Waals surface area contributed by atoms with E-state index in [1.807, 2.05) is 36.4 Å². The highest BCUT2D eigenvalue weighted by atomic mass is 16.5. The highest BCUT2D eigenvalue weighted by Gasteiger charge is 2.11. The fourth-order valence-corrected chi connectivity index (χ4v) is 3.02. The van der Waals surface area contributed by atoms with E-state index < -0.39 is 0 Å². The number of rotatable bonds is 10. The van der Waals surface area contributed by atoms with Crippen LogP contribution in [-0.2, 0) is 0 Å². The number of phenolic OH excluding ortho intramolecular Hbond substituents is 1. The summed E-state index contributed by atoms with van der Waals surface area (Å²) in [6.07, 6.45) is 8.78. The topological polar surface area (TPSA) is 68.1 Å². The fraction of sp³-hybridized carbons (Fsp3) is 0.348. The SMILES string of the molecule is CCCCCCCCOc1ccc(-c2ncnc(-c3ccccc3)n2)c(O)c1. The molecule has 1 heterocycles. The third kappa shape index (κ3) is 5.52. The van der Waals surface area contributed by atoms with E-state index in [9.17, 15) is 5.11 Å². The summed E-state index contributed by atoms with van der Waals surface area (Å²) in [4.78, 5) is 12.9. The molecule has 1 N–H and O–H groups in total. The van der Waals surface area contributed by atoms with E-state index in [0.29, 0.717) is 29.6 Å². The predicted octanol–water partition coefficient (Wildman–Crippen LogP) is 5.65. The average Bonchev–Trinajstić information content (AvgIpc) is 2.74. The van der Waals surface area contributed by atoms with E-state index in [2.05, 4.69) is 21.9 Å². The third-order valence-corrected chi connectivity index (χ3v) is 4.58. The summed E-state index contributed by atoms with van der Waals surface area (Å²) in [6, 6.07) is 15.0. The van der Waals surface area contributed by atoms with E-state index in [1.54, 1.807) is 12.1 Å². The summed E-state index contributed by atoms with van der Waals surface area (Å²) in [5.74, 6) is 1.78. The van der Waals surface area contributed by atoms with E-state index in [0.717, 1.165) is 12.0 Å². The maximum absolute atomic E-state index is 10.4. The van der Waals surface area contributed by atoms with Crippen LogP contribution in [0.3, 0.4) is 0 Å². The molecule has 0 aliphatic rings. The number of ether oxygens (including phenoxy) is 1. The van der Waals surface area contributed by atoms with Crippen LogP contribution >= 0.6 is 0 Å². The Hall–Kier alpha value is -2.95. The molecule has 1 aromatic heterocycles. The Morgan fingerprint density at radius 2 is 1.61 bits per heavy atom. The van der Waals surface area contributed by atoms with Gasteiger partial charge < -0.3 is 9.84 Å². The van der Waals surface area contributed by atoms with E-state index in [-0.39, 0.29) is 5.75 Å². The molecule has 0 bridgehead atoms. The molecule has 0 aliphatic heterocycles. The van der Waals surface area contributed by atoms with Gasteiger partial charge in [0.05, 0.1) is 12.2 Å². The van der Waals surface area contributed by atoms with Crippen molar-refractivity contribution >= 4 is 0 Å². The van der Waals surface area contributed by atoms with Crippen molar-refractivity contribution in [3.8, 4) is 34.3 Å². The minimum absolute atomic E-state index is 0.102. The Balaban J connectivity index is 1.61. The predicted molar refractivity (Wildman–Crippen MR) is 111 cm³/mol. The van der Waals surface area contributed by atoms with Crippen molar-refractivity contribution in [2.45, 2.75) is 45.4 Å². The van der Waals surface area contributed by atoms with E-state index >= 15 is 0 Å². The minimum Gasteiger partial charge on any atom is -0.507 e. The van der Waals surface area contributed by atoms with Crippen LogP contribution in [0.4, 0.5) is 0 Å². The zero-order chi connectivity index (χ0) is 19.6. The van der Waals surface area contributed by atoms with Crippen LogP contribution in [-0.4, -0.2) is 26.7 Å². The van der Waals surface area contributed by atoms with Crippen LogP contribution in [0.15, 0.2) is 54.9 Å². The second-order valence-electron chi connectivity index (χ2n) is 6.79. The van der Waals surface area contributed by atoms with Crippen molar-refractivity contribution in [3.63, 3.8) is 0 Å². The van der Waals surface area contributed by atoms with Crippen molar-refractivity contribution in [1.82, 2.24) is 15.0 Å². The van der Waals surface area contributed by atoms with Gasteiger partial charge in [0.1, 0.15) is 17.8 Å². The third-order valence-electron chi connectivity index (χ3n) is 4.58. The Morgan fingerprint density at radius 1 is 0.857 bits per heavy atom. The Bertz CT molecular complexity index is 869. The number of aromatic nitrogens is 3. The summed E-state index contributed by atoms with van der Waals surface area (Å²) in [5.41, 5.74) is 1.47. The first-order valence-electron chi connectivity index (χ1n) is 9.98. The zero-order valence-corrected chi connectivity index (χ0v) is 16.3. The summed E-state index contributed by atoms with van der Waals surface area (Å²) in [7, 11) is 0. The van der Waals surface area contributed by atoms with Crippen LogP contribution in [0.2, 0.25) is 0 Å². The van der Waals surface area contributed by atoms with Gasteiger partial charge in [0, 0.05) is 11.6 Å². The van der Waals surface area contributed by atoms with Gasteiger partial charge in [-0.05, 0) is 18.6 Å². The maximum Gasteiger partial charge on any atom is 0.167 e. The maximum atomic E-state index is 10.4. The summed E-state index contributed by atoms with van der Waals surface area (Å²) < 4.78 is 5.76. The Morgan fingerprint density at radius 3 is 2.39 bits per heavy atom. The monoisotopic (exact) mass is 377 g/mol. The van der Waals surface area contributed by atoms with E-state index in [4.69, 9.17) is 4.74 Å².